The van der Waals surface area contributed by atoms with E-state index < -0.39 is 29.7 Å². The zero-order valence-corrected chi connectivity index (χ0v) is 20.9. The highest BCUT2D eigenvalue weighted by Gasteiger charge is 2.29. The molecule has 36 heavy (non-hydrogen) atoms. The number of nitrogens with zero attached hydrogens (tertiary/aromatic N) is 3. The minimum Gasteiger partial charge on any atom is -0.464 e. The number of rotatable bonds is 12. The number of esters is 2. The largest absolute Gasteiger partial charge is 0.464 e. The van der Waals surface area contributed by atoms with Crippen LogP contribution in [0.4, 0.5) is 4.79 Å². The Labute approximate surface area is 209 Å². The summed E-state index contributed by atoms with van der Waals surface area (Å²) in [5.74, 6) is -0.197. The molecule has 0 aliphatic heterocycles. The van der Waals surface area contributed by atoms with Gasteiger partial charge in [0.05, 0.1) is 13.2 Å². The van der Waals surface area contributed by atoms with Gasteiger partial charge in [0.1, 0.15) is 23.6 Å². The van der Waals surface area contributed by atoms with Crippen LogP contribution >= 0.6 is 0 Å². The molecule has 3 rings (SSSR count). The number of amides is 1. The molecule has 0 spiro atoms. The third kappa shape index (κ3) is 9.08. The van der Waals surface area contributed by atoms with Gasteiger partial charge >= 0.3 is 18.0 Å². The lowest BCUT2D eigenvalue weighted by Crippen LogP contribution is -2.45. The van der Waals surface area contributed by atoms with Crippen molar-refractivity contribution in [2.45, 2.75) is 58.6 Å². The van der Waals surface area contributed by atoms with E-state index in [1.807, 2.05) is 0 Å². The van der Waals surface area contributed by atoms with Crippen LogP contribution in [0.3, 0.4) is 0 Å². The number of hydrogen-bond donors (Lipinski definition) is 1. The zero-order chi connectivity index (χ0) is 26.1. The number of hydrogen-bond acceptors (Lipinski definition) is 10. The highest BCUT2D eigenvalue weighted by atomic mass is 16.8. The maximum absolute atomic E-state index is 12.6. The molecule has 1 aliphatic carbocycles. The second-order valence-corrected chi connectivity index (χ2v) is 9.24. The first-order valence-electron chi connectivity index (χ1n) is 11.7. The number of aromatic nitrogens is 3. The fraction of sp³-hybridized carbons (Fsp3) is 0.542. The van der Waals surface area contributed by atoms with Crippen molar-refractivity contribution in [3.05, 3.63) is 41.7 Å². The lowest BCUT2D eigenvalue weighted by atomic mass is 10.1. The third-order valence-electron chi connectivity index (χ3n) is 4.87. The van der Waals surface area contributed by atoms with E-state index in [1.54, 1.807) is 52.0 Å². The van der Waals surface area contributed by atoms with Gasteiger partial charge in [-0.05, 0) is 69.4 Å². The lowest BCUT2D eigenvalue weighted by Gasteiger charge is -2.23. The molecule has 1 unspecified atom stereocenters. The van der Waals surface area contributed by atoms with Crippen LogP contribution in [0.2, 0.25) is 0 Å². The van der Waals surface area contributed by atoms with E-state index in [4.69, 9.17) is 23.8 Å². The van der Waals surface area contributed by atoms with E-state index in [1.165, 1.54) is 6.20 Å². The third-order valence-corrected chi connectivity index (χ3v) is 4.87. The van der Waals surface area contributed by atoms with E-state index in [-0.39, 0.29) is 25.5 Å². The molecule has 1 fully saturated rings. The van der Waals surface area contributed by atoms with Gasteiger partial charge in [-0.15, -0.1) is 5.10 Å². The molecule has 1 atom stereocenters. The van der Waals surface area contributed by atoms with Crippen LogP contribution in [-0.2, 0) is 25.4 Å². The second kappa shape index (κ2) is 12.2. The molecular formula is C24H32N4O8. The van der Waals surface area contributed by atoms with Crippen molar-refractivity contribution >= 4 is 18.0 Å². The first kappa shape index (κ1) is 26.8. The Balaban J connectivity index is 1.52. The van der Waals surface area contributed by atoms with E-state index >= 15 is 0 Å². The lowest BCUT2D eigenvalue weighted by molar-refractivity contribution is -0.146. The molecule has 0 bridgehead atoms. The predicted molar refractivity (Wildman–Crippen MR) is 125 cm³/mol. The van der Waals surface area contributed by atoms with Gasteiger partial charge in [-0.2, -0.15) is 0 Å². The van der Waals surface area contributed by atoms with Crippen LogP contribution < -0.4 is 14.9 Å². The Morgan fingerprint density at radius 1 is 1.14 bits per heavy atom. The van der Waals surface area contributed by atoms with Crippen LogP contribution in [0.1, 0.15) is 56.6 Å². The summed E-state index contributed by atoms with van der Waals surface area (Å²) in [4.78, 5) is 42.8. The Morgan fingerprint density at radius 3 is 2.50 bits per heavy atom. The van der Waals surface area contributed by atoms with E-state index in [0.717, 1.165) is 23.3 Å². The van der Waals surface area contributed by atoms with Crippen molar-refractivity contribution < 1.29 is 38.2 Å². The summed E-state index contributed by atoms with van der Waals surface area (Å²) in [6.07, 6.45) is 2.91. The monoisotopic (exact) mass is 504 g/mol. The zero-order valence-electron chi connectivity index (χ0n) is 20.9. The van der Waals surface area contributed by atoms with Gasteiger partial charge in [0.25, 0.3) is 6.79 Å². The van der Waals surface area contributed by atoms with Gasteiger partial charge in [-0.25, -0.2) is 14.4 Å². The van der Waals surface area contributed by atoms with Crippen LogP contribution in [0.15, 0.2) is 30.5 Å². The molecule has 1 aliphatic rings. The van der Waals surface area contributed by atoms with Gasteiger partial charge in [-0.1, -0.05) is 17.0 Å². The summed E-state index contributed by atoms with van der Waals surface area (Å²) in [5, 5.41) is 9.94. The fourth-order valence-corrected chi connectivity index (χ4v) is 2.94. The van der Waals surface area contributed by atoms with Gasteiger partial charge in [-0.3, -0.25) is 0 Å². The number of carbonyl (C=O) groups is 3. The molecule has 1 heterocycles. The van der Waals surface area contributed by atoms with Crippen LogP contribution in [0.25, 0.3) is 0 Å². The number of alkyl carbamates (subject to hydrolysis) is 1. The van der Waals surface area contributed by atoms with Crippen molar-refractivity contribution in [1.82, 2.24) is 20.5 Å². The van der Waals surface area contributed by atoms with E-state index in [9.17, 15) is 14.4 Å². The summed E-state index contributed by atoms with van der Waals surface area (Å²) >= 11 is 0. The Hall–Kier alpha value is -3.83. The molecule has 2 aromatic rings. The number of nitrogens with one attached hydrogen (secondary N) is 1. The predicted octanol–water partition coefficient (Wildman–Crippen LogP) is 2.31. The second-order valence-electron chi connectivity index (χ2n) is 9.24. The molecule has 1 saturated carbocycles. The molecule has 196 valence electrons. The summed E-state index contributed by atoms with van der Waals surface area (Å²) in [7, 11) is 0. The number of benzene rings is 1. The van der Waals surface area contributed by atoms with Gasteiger partial charge in [0, 0.05) is 6.42 Å². The van der Waals surface area contributed by atoms with Crippen molar-refractivity contribution in [2.75, 3.05) is 20.0 Å². The van der Waals surface area contributed by atoms with Crippen molar-refractivity contribution in [3.8, 4) is 5.75 Å². The summed E-state index contributed by atoms with van der Waals surface area (Å²) < 4.78 is 21.0. The van der Waals surface area contributed by atoms with Crippen LogP contribution in [-0.4, -0.2) is 64.8 Å². The normalized spacial score (nSPS) is 13.9. The molecule has 1 aromatic heterocycles. The highest BCUT2D eigenvalue weighted by Crippen LogP contribution is 2.29. The smallest absolute Gasteiger partial charge is 0.408 e. The maximum atomic E-state index is 12.6. The molecule has 0 radical (unpaired) electrons. The average Bonchev–Trinajstić information content (AvgIpc) is 3.52. The van der Waals surface area contributed by atoms with E-state index in [0.29, 0.717) is 18.3 Å². The number of ether oxygens (including phenoxy) is 4. The first-order valence-corrected chi connectivity index (χ1v) is 11.7. The quantitative estimate of drug-likeness (QED) is 0.260. The molecule has 1 amide bonds. The van der Waals surface area contributed by atoms with E-state index in [2.05, 4.69) is 15.6 Å². The van der Waals surface area contributed by atoms with Crippen LogP contribution in [0.5, 0.6) is 5.75 Å². The molecule has 0 saturated heterocycles. The summed E-state index contributed by atoms with van der Waals surface area (Å²) in [6.45, 7) is 7.32. The van der Waals surface area contributed by atoms with Crippen molar-refractivity contribution in [1.29, 1.82) is 0 Å². The highest BCUT2D eigenvalue weighted by molar-refractivity contribution is 5.86. The molecule has 1 N–H and O–H groups in total. The fourth-order valence-electron chi connectivity index (χ4n) is 2.94. The Kier molecular flexibility index (Phi) is 9.09. The van der Waals surface area contributed by atoms with Gasteiger partial charge in [0.2, 0.25) is 0 Å². The minimum absolute atomic E-state index is 0.0198. The molecule has 12 nitrogen and oxygen atoms in total. The van der Waals surface area contributed by atoms with Crippen LogP contribution in [0, 0.1) is 5.92 Å². The molecular weight excluding hydrogens is 472 g/mol. The topological polar surface area (TPSA) is 140 Å². The summed E-state index contributed by atoms with van der Waals surface area (Å²) in [5.41, 5.74) is 0.106. The minimum atomic E-state index is -0.894. The number of carbonyl (C=O) groups excluding carboxylic acids is 3. The maximum Gasteiger partial charge on any atom is 0.408 e. The Bertz CT molecular complexity index is 1030. The molecule has 1 aromatic carbocycles. The SMILES string of the molecule is CCOC(=O)c1cn(OCOc2ccc(CC(NC(=O)OC(C)(C)C)C(=O)OCC3CC3)cc2)nn1. The van der Waals surface area contributed by atoms with Gasteiger partial charge in [0.15, 0.2) is 5.69 Å². The average molecular weight is 505 g/mol. The van der Waals surface area contributed by atoms with Gasteiger partial charge < -0.3 is 29.1 Å². The Morgan fingerprint density at radius 2 is 1.86 bits per heavy atom. The summed E-state index contributed by atoms with van der Waals surface area (Å²) in [6, 6.07) is 6.03. The van der Waals surface area contributed by atoms with Crippen molar-refractivity contribution in [2.24, 2.45) is 5.92 Å². The molecule has 12 heteroatoms. The first-order chi connectivity index (χ1) is 17.1. The van der Waals surface area contributed by atoms with Crippen molar-refractivity contribution in [3.63, 3.8) is 0 Å². The standard InChI is InChI=1S/C24H32N4O8/c1-5-32-22(30)20-13-28(27-26-20)35-15-34-18-10-8-16(9-11-18)12-19(21(29)33-14-17-6-7-17)25-23(31)36-24(2,3)4/h8-11,13,17,19H,5-7,12,14-15H2,1-4H3,(H,25,31).